The first-order valence-electron chi connectivity index (χ1n) is 6.75. The van der Waals surface area contributed by atoms with Crippen molar-refractivity contribution < 1.29 is 28.5 Å². The molecule has 0 bridgehead atoms. The molecule has 0 radical (unpaired) electrons. The number of benzene rings is 1. The highest BCUT2D eigenvalue weighted by Gasteiger charge is 2.17. The van der Waals surface area contributed by atoms with Gasteiger partial charge in [0.05, 0.1) is 27.9 Å². The van der Waals surface area contributed by atoms with E-state index in [-0.39, 0.29) is 6.61 Å². The van der Waals surface area contributed by atoms with Crippen molar-refractivity contribution in [2.75, 3.05) is 34.5 Å². The molecular weight excluding hydrogens is 276 g/mol. The molecule has 0 aliphatic carbocycles. The van der Waals surface area contributed by atoms with Gasteiger partial charge < -0.3 is 23.7 Å². The average Bonchev–Trinajstić information content (AvgIpc) is 2.53. The zero-order valence-corrected chi connectivity index (χ0v) is 13.5. The number of carbonyl (C=O) groups is 1. The molecule has 0 N–H and O–H groups in total. The second-order valence-electron chi connectivity index (χ2n) is 3.43. The maximum Gasteiger partial charge on any atom is 0.344 e. The summed E-state index contributed by atoms with van der Waals surface area (Å²) in [7, 11) is 4.50. The molecule has 120 valence electrons. The fourth-order valence-electron chi connectivity index (χ4n) is 1.53. The van der Waals surface area contributed by atoms with Gasteiger partial charge in [0.25, 0.3) is 0 Å². The van der Waals surface area contributed by atoms with E-state index in [1.54, 1.807) is 19.1 Å². The van der Waals surface area contributed by atoms with E-state index in [0.29, 0.717) is 29.6 Å². The molecule has 21 heavy (non-hydrogen) atoms. The Labute approximate surface area is 125 Å². The molecule has 1 aromatic rings. The van der Waals surface area contributed by atoms with Gasteiger partial charge in [-0.25, -0.2) is 4.79 Å². The highest BCUT2D eigenvalue weighted by Crippen LogP contribution is 2.43. The van der Waals surface area contributed by atoms with Crippen LogP contribution in [0.25, 0.3) is 0 Å². The maximum atomic E-state index is 11.2. The smallest absolute Gasteiger partial charge is 0.344 e. The van der Waals surface area contributed by atoms with Gasteiger partial charge in [0.15, 0.2) is 18.1 Å². The summed E-state index contributed by atoms with van der Waals surface area (Å²) in [6.07, 6.45) is 0. The van der Waals surface area contributed by atoms with Crippen molar-refractivity contribution in [1.82, 2.24) is 0 Å². The maximum absolute atomic E-state index is 11.2. The number of methoxy groups -OCH3 is 3. The summed E-state index contributed by atoms with van der Waals surface area (Å²) in [6, 6.07) is 3.31. The van der Waals surface area contributed by atoms with Gasteiger partial charge in [-0.1, -0.05) is 13.8 Å². The molecule has 0 saturated carbocycles. The fourth-order valence-corrected chi connectivity index (χ4v) is 1.53. The van der Waals surface area contributed by atoms with Gasteiger partial charge in [0.2, 0.25) is 11.5 Å². The Morgan fingerprint density at radius 3 is 1.95 bits per heavy atom. The molecule has 0 fully saturated rings. The Morgan fingerprint density at radius 2 is 1.48 bits per heavy atom. The molecular formula is C15H24O6. The Bertz CT molecular complexity index is 430. The van der Waals surface area contributed by atoms with Gasteiger partial charge >= 0.3 is 5.97 Å². The lowest BCUT2D eigenvalue weighted by atomic mass is 10.2. The second kappa shape index (κ2) is 10.7. The third kappa shape index (κ3) is 5.41. The zero-order valence-electron chi connectivity index (χ0n) is 13.5. The van der Waals surface area contributed by atoms with E-state index >= 15 is 0 Å². The van der Waals surface area contributed by atoms with Crippen molar-refractivity contribution in [3.63, 3.8) is 0 Å². The van der Waals surface area contributed by atoms with Crippen LogP contribution in [0.3, 0.4) is 0 Å². The Kier molecular flexibility index (Phi) is 9.58. The molecule has 1 rings (SSSR count). The minimum atomic E-state index is -0.445. The molecule has 1 aromatic carbocycles. The molecule has 0 atom stereocenters. The van der Waals surface area contributed by atoms with Crippen molar-refractivity contribution in [1.29, 1.82) is 0 Å². The van der Waals surface area contributed by atoms with Crippen molar-refractivity contribution >= 4 is 5.97 Å². The van der Waals surface area contributed by atoms with Crippen LogP contribution in [0.2, 0.25) is 0 Å². The van der Waals surface area contributed by atoms with E-state index in [2.05, 4.69) is 0 Å². The minimum Gasteiger partial charge on any atom is -0.493 e. The number of carbonyl (C=O) groups excluding carboxylic acids is 1. The molecule has 0 aliphatic heterocycles. The normalized spacial score (nSPS) is 9.05. The fraction of sp³-hybridized carbons (Fsp3) is 0.533. The molecule has 0 aliphatic rings. The Balaban J connectivity index is 0.00000191. The molecule has 0 spiro atoms. The van der Waals surface area contributed by atoms with Crippen LogP contribution >= 0.6 is 0 Å². The Hall–Kier alpha value is -2.11. The molecule has 0 aromatic heterocycles. The third-order valence-electron chi connectivity index (χ3n) is 2.32. The van der Waals surface area contributed by atoms with Crippen molar-refractivity contribution in [2.45, 2.75) is 20.8 Å². The topological polar surface area (TPSA) is 63.2 Å². The summed E-state index contributed by atoms with van der Waals surface area (Å²) in [5, 5.41) is 0. The van der Waals surface area contributed by atoms with Crippen LogP contribution in [0, 0.1) is 0 Å². The van der Waals surface area contributed by atoms with Gasteiger partial charge in [0, 0.05) is 0 Å². The number of hydrogen-bond donors (Lipinski definition) is 0. The summed E-state index contributed by atoms with van der Waals surface area (Å²) < 4.78 is 25.7. The molecule has 6 heteroatoms. The number of esters is 1. The Morgan fingerprint density at radius 1 is 0.952 bits per heavy atom. The van der Waals surface area contributed by atoms with Gasteiger partial charge in [-0.15, -0.1) is 0 Å². The standard InChI is InChI=1S/C13H18O6.C2H6/c1-5-18-11(14)8-19-10-7-6-9(15-2)12(16-3)13(10)17-4;1-2/h6-7H,5,8H2,1-4H3;1-2H3. The first kappa shape index (κ1) is 18.9. The van der Waals surface area contributed by atoms with Crippen LogP contribution in [0.1, 0.15) is 20.8 Å². The van der Waals surface area contributed by atoms with Crippen LogP contribution in [0.4, 0.5) is 0 Å². The summed E-state index contributed by atoms with van der Waals surface area (Å²) in [5.74, 6) is 1.23. The summed E-state index contributed by atoms with van der Waals surface area (Å²) >= 11 is 0. The predicted octanol–water partition coefficient (Wildman–Crippen LogP) is 2.68. The van der Waals surface area contributed by atoms with E-state index < -0.39 is 5.97 Å². The van der Waals surface area contributed by atoms with E-state index in [1.807, 2.05) is 13.8 Å². The molecule has 0 unspecified atom stereocenters. The molecule has 0 saturated heterocycles. The summed E-state index contributed by atoms with van der Waals surface area (Å²) in [6.45, 7) is 5.85. The zero-order chi connectivity index (χ0) is 16.3. The highest BCUT2D eigenvalue weighted by molar-refractivity contribution is 5.71. The number of hydrogen-bond acceptors (Lipinski definition) is 6. The SMILES string of the molecule is CC.CCOC(=O)COc1ccc(OC)c(OC)c1OC. The van der Waals surface area contributed by atoms with E-state index in [0.717, 1.165) is 0 Å². The van der Waals surface area contributed by atoms with E-state index in [4.69, 9.17) is 23.7 Å². The lowest BCUT2D eigenvalue weighted by Gasteiger charge is -2.15. The van der Waals surface area contributed by atoms with Crippen LogP contribution in [0.15, 0.2) is 12.1 Å². The van der Waals surface area contributed by atoms with E-state index in [9.17, 15) is 4.79 Å². The summed E-state index contributed by atoms with van der Waals surface area (Å²) in [4.78, 5) is 11.2. The second-order valence-corrected chi connectivity index (χ2v) is 3.43. The predicted molar refractivity (Wildman–Crippen MR) is 79.6 cm³/mol. The van der Waals surface area contributed by atoms with Gasteiger partial charge in [-0.2, -0.15) is 0 Å². The summed E-state index contributed by atoms with van der Waals surface area (Å²) in [5.41, 5.74) is 0. The number of ether oxygens (including phenoxy) is 5. The van der Waals surface area contributed by atoms with Crippen LogP contribution in [-0.4, -0.2) is 40.5 Å². The van der Waals surface area contributed by atoms with Crippen molar-refractivity contribution in [3.05, 3.63) is 12.1 Å². The lowest BCUT2D eigenvalue weighted by Crippen LogP contribution is -2.15. The molecule has 6 nitrogen and oxygen atoms in total. The van der Waals surface area contributed by atoms with Crippen LogP contribution < -0.4 is 18.9 Å². The first-order valence-corrected chi connectivity index (χ1v) is 6.75. The van der Waals surface area contributed by atoms with E-state index in [1.165, 1.54) is 21.3 Å². The molecule has 0 amide bonds. The quantitative estimate of drug-likeness (QED) is 0.721. The van der Waals surface area contributed by atoms with Gasteiger partial charge in [-0.05, 0) is 19.1 Å². The monoisotopic (exact) mass is 300 g/mol. The largest absolute Gasteiger partial charge is 0.493 e. The van der Waals surface area contributed by atoms with Crippen molar-refractivity contribution in [2.24, 2.45) is 0 Å². The lowest BCUT2D eigenvalue weighted by molar-refractivity contribution is -0.145. The first-order chi connectivity index (χ1) is 10.2. The minimum absolute atomic E-state index is 0.195. The van der Waals surface area contributed by atoms with Gasteiger partial charge in [0.1, 0.15) is 0 Å². The number of rotatable bonds is 7. The average molecular weight is 300 g/mol. The molecule has 0 heterocycles. The van der Waals surface area contributed by atoms with Crippen molar-refractivity contribution in [3.8, 4) is 23.0 Å². The van der Waals surface area contributed by atoms with Crippen LogP contribution in [-0.2, 0) is 9.53 Å². The third-order valence-corrected chi connectivity index (χ3v) is 2.32. The van der Waals surface area contributed by atoms with Gasteiger partial charge in [-0.3, -0.25) is 0 Å². The highest BCUT2D eigenvalue weighted by atomic mass is 16.6. The van der Waals surface area contributed by atoms with Crippen LogP contribution in [0.5, 0.6) is 23.0 Å².